The number of nitrogens with zero attached hydrogens (tertiary/aromatic N) is 1. The fraction of sp³-hybridized carbons (Fsp3) is 0.455. The van der Waals surface area contributed by atoms with Crippen LogP contribution in [0.15, 0.2) is 48.5 Å². The van der Waals surface area contributed by atoms with Gasteiger partial charge in [-0.25, -0.2) is 0 Å². The summed E-state index contributed by atoms with van der Waals surface area (Å²) in [5.74, 6) is 0.344. The molecule has 1 aliphatic heterocycles. The van der Waals surface area contributed by atoms with E-state index < -0.39 is 0 Å². The zero-order chi connectivity index (χ0) is 17.2. The Labute approximate surface area is 150 Å². The van der Waals surface area contributed by atoms with Gasteiger partial charge < -0.3 is 9.84 Å². The summed E-state index contributed by atoms with van der Waals surface area (Å²) in [4.78, 5) is 2.67. The summed E-state index contributed by atoms with van der Waals surface area (Å²) in [6.07, 6.45) is 4.49. The van der Waals surface area contributed by atoms with Crippen LogP contribution in [-0.2, 0) is 17.6 Å². The molecule has 0 radical (unpaired) electrons. The van der Waals surface area contributed by atoms with Crippen molar-refractivity contribution in [3.8, 4) is 5.75 Å². The van der Waals surface area contributed by atoms with Gasteiger partial charge in [-0.15, -0.1) is 0 Å². The van der Waals surface area contributed by atoms with Gasteiger partial charge in [-0.1, -0.05) is 43.3 Å². The van der Waals surface area contributed by atoms with E-state index in [1.807, 2.05) is 6.07 Å². The van der Waals surface area contributed by atoms with Crippen LogP contribution in [0.3, 0.4) is 0 Å². The molecule has 1 heterocycles. The number of benzene rings is 2. The predicted molar refractivity (Wildman–Crippen MR) is 99.8 cm³/mol. The number of morpholine rings is 1. The zero-order valence-corrected chi connectivity index (χ0v) is 14.9. The van der Waals surface area contributed by atoms with Crippen molar-refractivity contribution in [2.75, 3.05) is 13.2 Å². The molecule has 0 bridgehead atoms. The largest absolute Gasteiger partial charge is 0.508 e. The summed E-state index contributed by atoms with van der Waals surface area (Å²) >= 11 is 0. The maximum atomic E-state index is 9.93. The van der Waals surface area contributed by atoms with E-state index in [4.69, 9.17) is 4.74 Å². The Hall–Kier alpha value is -1.84. The molecule has 0 aromatic heterocycles. The Kier molecular flexibility index (Phi) is 4.78. The summed E-state index contributed by atoms with van der Waals surface area (Å²) in [5.41, 5.74) is 3.90. The van der Waals surface area contributed by atoms with Gasteiger partial charge in [0.05, 0.1) is 12.7 Å². The van der Waals surface area contributed by atoms with E-state index in [0.717, 1.165) is 38.8 Å². The molecule has 1 unspecified atom stereocenters. The van der Waals surface area contributed by atoms with E-state index in [1.165, 1.54) is 16.7 Å². The van der Waals surface area contributed by atoms with Crippen LogP contribution in [0.5, 0.6) is 5.75 Å². The maximum absolute atomic E-state index is 9.93. The molecular formula is C22H27NO2. The minimum absolute atomic E-state index is 0.0921. The molecule has 132 valence electrons. The third-order valence-electron chi connectivity index (χ3n) is 5.65. The van der Waals surface area contributed by atoms with Gasteiger partial charge in [-0.2, -0.15) is 0 Å². The monoisotopic (exact) mass is 337 g/mol. The number of aromatic hydroxyl groups is 1. The minimum atomic E-state index is 0.0921. The number of rotatable bonds is 4. The van der Waals surface area contributed by atoms with Crippen molar-refractivity contribution < 1.29 is 9.84 Å². The van der Waals surface area contributed by atoms with Crippen LogP contribution in [0.2, 0.25) is 0 Å². The first-order valence-corrected chi connectivity index (χ1v) is 9.49. The summed E-state index contributed by atoms with van der Waals surface area (Å²) in [7, 11) is 0. The van der Waals surface area contributed by atoms with Crippen LogP contribution < -0.4 is 0 Å². The van der Waals surface area contributed by atoms with Crippen LogP contribution in [0.1, 0.15) is 42.6 Å². The van der Waals surface area contributed by atoms with Gasteiger partial charge in [0.2, 0.25) is 0 Å². The third-order valence-corrected chi connectivity index (χ3v) is 5.65. The Bertz CT molecular complexity index is 715. The van der Waals surface area contributed by atoms with Crippen molar-refractivity contribution in [1.82, 2.24) is 4.90 Å². The zero-order valence-electron chi connectivity index (χ0n) is 14.9. The Morgan fingerprint density at radius 1 is 1.16 bits per heavy atom. The van der Waals surface area contributed by atoms with Crippen molar-refractivity contribution in [3.05, 3.63) is 65.2 Å². The number of ether oxygens (including phenoxy) is 1. The fourth-order valence-corrected chi connectivity index (χ4v) is 4.53. The van der Waals surface area contributed by atoms with Crippen LogP contribution in [-0.4, -0.2) is 35.2 Å². The molecule has 1 fully saturated rings. The Morgan fingerprint density at radius 2 is 2.00 bits per heavy atom. The van der Waals surface area contributed by atoms with Gasteiger partial charge in [-0.3, -0.25) is 4.90 Å². The van der Waals surface area contributed by atoms with Crippen molar-refractivity contribution >= 4 is 0 Å². The number of phenols is 1. The lowest BCUT2D eigenvalue weighted by Crippen LogP contribution is -2.55. The van der Waals surface area contributed by atoms with Crippen molar-refractivity contribution in [1.29, 1.82) is 0 Å². The molecule has 3 heteroatoms. The molecule has 1 N–H and O–H groups in total. The van der Waals surface area contributed by atoms with Crippen LogP contribution >= 0.6 is 0 Å². The summed E-state index contributed by atoms with van der Waals surface area (Å²) in [6, 6.07) is 17.3. The molecular weight excluding hydrogens is 310 g/mol. The second kappa shape index (κ2) is 7.19. The lowest BCUT2D eigenvalue weighted by Gasteiger charge is -2.49. The van der Waals surface area contributed by atoms with E-state index in [2.05, 4.69) is 48.2 Å². The predicted octanol–water partition coefficient (Wildman–Crippen LogP) is 4.10. The van der Waals surface area contributed by atoms with E-state index >= 15 is 0 Å². The molecule has 25 heavy (non-hydrogen) atoms. The molecule has 0 saturated carbocycles. The quantitative estimate of drug-likeness (QED) is 0.912. The van der Waals surface area contributed by atoms with Crippen molar-refractivity contribution in [3.63, 3.8) is 0 Å². The van der Waals surface area contributed by atoms with Gasteiger partial charge >= 0.3 is 0 Å². The lowest BCUT2D eigenvalue weighted by molar-refractivity contribution is -0.112. The standard InChI is InChI=1S/C22H27NO2/c1-2-12-23-18(13-16-6-4-3-5-7-16)15-25-22-20-14-19(24)10-8-17(20)9-11-21(22)23/h3-8,10,14,18,21-22,24H,2,9,11-13,15H2,1H3/t18?,21-,22-/m1/s1. The molecule has 2 aliphatic rings. The van der Waals surface area contributed by atoms with Gasteiger partial charge in [-0.05, 0) is 61.1 Å². The maximum Gasteiger partial charge on any atom is 0.115 e. The average molecular weight is 337 g/mol. The van der Waals surface area contributed by atoms with Crippen LogP contribution in [0.4, 0.5) is 0 Å². The number of hydrogen-bond donors (Lipinski definition) is 1. The SMILES string of the molecule is CCCN1C(Cc2ccccc2)CO[C@@H]2c3cc(O)ccc3CC[C@H]21. The molecule has 2 aromatic carbocycles. The normalized spacial score (nSPS) is 26.0. The molecule has 4 rings (SSSR count). The smallest absolute Gasteiger partial charge is 0.115 e. The highest BCUT2D eigenvalue weighted by Gasteiger charge is 2.41. The van der Waals surface area contributed by atoms with Crippen molar-refractivity contribution in [2.45, 2.75) is 50.8 Å². The Balaban J connectivity index is 1.59. The first kappa shape index (κ1) is 16.6. The summed E-state index contributed by atoms with van der Waals surface area (Å²) in [5, 5.41) is 9.93. The first-order valence-electron chi connectivity index (χ1n) is 9.49. The number of hydrogen-bond acceptors (Lipinski definition) is 3. The van der Waals surface area contributed by atoms with Gasteiger partial charge in [0.15, 0.2) is 0 Å². The van der Waals surface area contributed by atoms with E-state index in [1.54, 1.807) is 6.07 Å². The highest BCUT2D eigenvalue weighted by molar-refractivity contribution is 5.39. The number of aryl methyl sites for hydroxylation is 1. The molecule has 0 spiro atoms. The number of fused-ring (bicyclic) bond motifs is 3. The fourth-order valence-electron chi connectivity index (χ4n) is 4.53. The first-order chi connectivity index (χ1) is 12.3. The molecule has 1 saturated heterocycles. The lowest BCUT2D eigenvalue weighted by atomic mass is 9.82. The average Bonchev–Trinajstić information content (AvgIpc) is 2.64. The van der Waals surface area contributed by atoms with Crippen LogP contribution in [0.25, 0.3) is 0 Å². The van der Waals surface area contributed by atoms with Gasteiger partial charge in [0.25, 0.3) is 0 Å². The molecule has 1 aliphatic carbocycles. The van der Waals surface area contributed by atoms with E-state index in [0.29, 0.717) is 17.8 Å². The summed E-state index contributed by atoms with van der Waals surface area (Å²) < 4.78 is 6.37. The van der Waals surface area contributed by atoms with Crippen molar-refractivity contribution in [2.24, 2.45) is 0 Å². The van der Waals surface area contributed by atoms with Gasteiger partial charge in [0, 0.05) is 12.1 Å². The highest BCUT2D eigenvalue weighted by Crippen LogP contribution is 2.41. The Morgan fingerprint density at radius 3 is 2.80 bits per heavy atom. The molecule has 0 amide bonds. The van der Waals surface area contributed by atoms with E-state index in [-0.39, 0.29) is 6.10 Å². The topological polar surface area (TPSA) is 32.7 Å². The number of phenolic OH excluding ortho intramolecular Hbond substituents is 1. The second-order valence-corrected chi connectivity index (χ2v) is 7.32. The minimum Gasteiger partial charge on any atom is -0.508 e. The molecule has 3 atom stereocenters. The van der Waals surface area contributed by atoms with Crippen LogP contribution in [0, 0.1) is 0 Å². The van der Waals surface area contributed by atoms with Gasteiger partial charge in [0.1, 0.15) is 5.75 Å². The summed E-state index contributed by atoms with van der Waals surface area (Å²) in [6.45, 7) is 4.12. The third kappa shape index (κ3) is 3.31. The second-order valence-electron chi connectivity index (χ2n) is 7.32. The highest BCUT2D eigenvalue weighted by atomic mass is 16.5. The van der Waals surface area contributed by atoms with E-state index in [9.17, 15) is 5.11 Å². The molecule has 2 aromatic rings. The molecule has 3 nitrogen and oxygen atoms in total.